The molecule has 0 spiro atoms. The lowest BCUT2D eigenvalue weighted by Crippen LogP contribution is -2.28. The number of hydrogen-bond acceptors (Lipinski definition) is 3. The van der Waals surface area contributed by atoms with E-state index in [1.807, 2.05) is 0 Å². The van der Waals surface area contributed by atoms with Crippen LogP contribution in [0.4, 0.5) is 4.39 Å². The molecule has 0 unspecified atom stereocenters. The molecule has 0 saturated carbocycles. The third-order valence-electron chi connectivity index (χ3n) is 2.80. The Labute approximate surface area is 121 Å². The molecule has 0 N–H and O–H groups in total. The Kier molecular flexibility index (Phi) is 4.71. The number of thiocarbonyl (C=S) groups is 1. The number of benzene rings is 1. The number of unbranched alkanes of at least 4 members (excludes halogenated alkanes) is 1. The molecule has 0 bridgehead atoms. The van der Waals surface area contributed by atoms with Gasteiger partial charge in [0.2, 0.25) is 0 Å². The van der Waals surface area contributed by atoms with Crippen LogP contribution in [0.1, 0.15) is 25.3 Å². The van der Waals surface area contributed by atoms with Crippen molar-refractivity contribution in [1.29, 1.82) is 0 Å². The van der Waals surface area contributed by atoms with Gasteiger partial charge in [-0.15, -0.1) is 0 Å². The largest absolute Gasteiger partial charge is 0.293 e. The molecule has 100 valence electrons. The molecule has 1 saturated heterocycles. The maximum Gasteiger partial charge on any atom is 0.266 e. The van der Waals surface area contributed by atoms with Crippen LogP contribution in [0, 0.1) is 5.82 Å². The number of amides is 1. The highest BCUT2D eigenvalue weighted by Gasteiger charge is 2.31. The summed E-state index contributed by atoms with van der Waals surface area (Å²) in [5.41, 5.74) is 0.415. The van der Waals surface area contributed by atoms with Crippen molar-refractivity contribution in [3.05, 3.63) is 40.6 Å². The zero-order valence-corrected chi connectivity index (χ0v) is 12.2. The van der Waals surface area contributed by atoms with Gasteiger partial charge in [-0.2, -0.15) is 0 Å². The molecule has 2 nitrogen and oxygen atoms in total. The van der Waals surface area contributed by atoms with Crippen LogP contribution in [0.15, 0.2) is 29.2 Å². The first-order valence-corrected chi connectivity index (χ1v) is 7.36. The average molecular weight is 295 g/mol. The Bertz CT molecular complexity index is 542. The van der Waals surface area contributed by atoms with Crippen molar-refractivity contribution in [2.24, 2.45) is 0 Å². The van der Waals surface area contributed by atoms with Gasteiger partial charge in [-0.25, -0.2) is 4.39 Å². The van der Waals surface area contributed by atoms with E-state index in [9.17, 15) is 9.18 Å². The Balaban J connectivity index is 2.21. The smallest absolute Gasteiger partial charge is 0.266 e. The van der Waals surface area contributed by atoms with Crippen LogP contribution in [0.5, 0.6) is 0 Å². The minimum atomic E-state index is -0.332. The van der Waals surface area contributed by atoms with Crippen LogP contribution in [0.25, 0.3) is 6.08 Å². The fraction of sp³-hybridized carbons (Fsp3) is 0.286. The molecule has 5 heteroatoms. The summed E-state index contributed by atoms with van der Waals surface area (Å²) in [6.07, 6.45) is 3.49. The first-order chi connectivity index (χ1) is 9.13. The summed E-state index contributed by atoms with van der Waals surface area (Å²) >= 11 is 6.43. The Hall–Kier alpha value is -1.20. The minimum absolute atomic E-state index is 0.119. The summed E-state index contributed by atoms with van der Waals surface area (Å²) in [6.45, 7) is 2.70. The van der Waals surface area contributed by atoms with E-state index in [2.05, 4.69) is 6.92 Å². The van der Waals surface area contributed by atoms with Crippen molar-refractivity contribution in [2.75, 3.05) is 6.54 Å². The molecule has 1 aromatic rings. The molecule has 1 aliphatic rings. The van der Waals surface area contributed by atoms with E-state index in [-0.39, 0.29) is 11.7 Å². The van der Waals surface area contributed by atoms with E-state index in [0.717, 1.165) is 12.8 Å². The van der Waals surface area contributed by atoms with Gasteiger partial charge in [0.15, 0.2) is 0 Å². The van der Waals surface area contributed by atoms with Crippen molar-refractivity contribution in [3.63, 3.8) is 0 Å². The molecule has 0 aromatic heterocycles. The lowest BCUT2D eigenvalue weighted by atomic mass is 10.2. The van der Waals surface area contributed by atoms with Gasteiger partial charge >= 0.3 is 0 Å². The normalized spacial score (nSPS) is 17.6. The number of carbonyl (C=O) groups is 1. The second-order valence-corrected chi connectivity index (χ2v) is 5.88. The van der Waals surface area contributed by atoms with Crippen molar-refractivity contribution in [1.82, 2.24) is 4.90 Å². The molecule has 0 aliphatic carbocycles. The molecule has 1 aliphatic heterocycles. The first kappa shape index (κ1) is 14.2. The lowest BCUT2D eigenvalue weighted by Gasteiger charge is -2.12. The highest BCUT2D eigenvalue weighted by molar-refractivity contribution is 8.26. The number of halogens is 1. The average Bonchev–Trinajstić information content (AvgIpc) is 2.65. The lowest BCUT2D eigenvalue weighted by molar-refractivity contribution is -0.122. The summed E-state index contributed by atoms with van der Waals surface area (Å²) in [6, 6.07) is 6.39. The monoisotopic (exact) mass is 295 g/mol. The predicted octanol–water partition coefficient (Wildman–Crippen LogP) is 3.83. The van der Waals surface area contributed by atoms with E-state index in [0.29, 0.717) is 21.3 Å². The Morgan fingerprint density at radius 2 is 2.16 bits per heavy atom. The minimum Gasteiger partial charge on any atom is -0.293 e. The SMILES string of the molecule is CCCCN1C(=O)/C(=C/c2ccccc2F)SC1=S. The first-order valence-electron chi connectivity index (χ1n) is 6.13. The topological polar surface area (TPSA) is 20.3 Å². The summed E-state index contributed by atoms with van der Waals surface area (Å²) in [4.78, 5) is 14.2. The number of hydrogen-bond donors (Lipinski definition) is 0. The Morgan fingerprint density at radius 1 is 1.42 bits per heavy atom. The highest BCUT2D eigenvalue weighted by Crippen LogP contribution is 2.32. The van der Waals surface area contributed by atoms with Crippen LogP contribution < -0.4 is 0 Å². The Morgan fingerprint density at radius 3 is 2.84 bits per heavy atom. The van der Waals surface area contributed by atoms with Crippen LogP contribution >= 0.6 is 24.0 Å². The fourth-order valence-electron chi connectivity index (χ4n) is 1.74. The zero-order valence-electron chi connectivity index (χ0n) is 10.6. The van der Waals surface area contributed by atoms with E-state index in [4.69, 9.17) is 12.2 Å². The summed E-state index contributed by atoms with van der Waals surface area (Å²) < 4.78 is 14.1. The van der Waals surface area contributed by atoms with Gasteiger partial charge in [-0.05, 0) is 18.6 Å². The molecule has 0 atom stereocenters. The molecular formula is C14H14FNOS2. The van der Waals surface area contributed by atoms with Crippen molar-refractivity contribution >= 4 is 40.3 Å². The summed E-state index contributed by atoms with van der Waals surface area (Å²) in [5, 5.41) is 0. The van der Waals surface area contributed by atoms with E-state index >= 15 is 0 Å². The van der Waals surface area contributed by atoms with E-state index in [1.54, 1.807) is 29.2 Å². The summed E-state index contributed by atoms with van der Waals surface area (Å²) in [5.74, 6) is -0.451. The zero-order chi connectivity index (χ0) is 13.8. The van der Waals surface area contributed by atoms with Gasteiger partial charge in [0.25, 0.3) is 5.91 Å². The molecule has 2 rings (SSSR count). The van der Waals surface area contributed by atoms with Crippen LogP contribution in [0.3, 0.4) is 0 Å². The third kappa shape index (κ3) is 3.22. The van der Waals surface area contributed by atoms with E-state index < -0.39 is 0 Å². The number of nitrogens with zero attached hydrogens (tertiary/aromatic N) is 1. The molecule has 1 amide bonds. The fourth-order valence-corrected chi connectivity index (χ4v) is 3.04. The predicted molar refractivity (Wildman–Crippen MR) is 81.2 cm³/mol. The number of thioether (sulfide) groups is 1. The third-order valence-corrected chi connectivity index (χ3v) is 4.18. The van der Waals surface area contributed by atoms with Crippen molar-refractivity contribution in [3.8, 4) is 0 Å². The second kappa shape index (κ2) is 6.30. The van der Waals surface area contributed by atoms with Crippen LogP contribution in [-0.4, -0.2) is 21.7 Å². The highest BCUT2D eigenvalue weighted by atomic mass is 32.2. The molecule has 1 fully saturated rings. The second-order valence-electron chi connectivity index (χ2n) is 4.21. The molecular weight excluding hydrogens is 281 g/mol. The number of carbonyl (C=O) groups excluding carboxylic acids is 1. The van der Waals surface area contributed by atoms with Gasteiger partial charge in [0.1, 0.15) is 10.1 Å². The summed E-state index contributed by atoms with van der Waals surface area (Å²) in [7, 11) is 0. The molecule has 1 heterocycles. The quantitative estimate of drug-likeness (QED) is 0.622. The van der Waals surface area contributed by atoms with Gasteiger partial charge < -0.3 is 0 Å². The maximum atomic E-state index is 13.6. The van der Waals surface area contributed by atoms with Crippen molar-refractivity contribution in [2.45, 2.75) is 19.8 Å². The number of rotatable bonds is 4. The van der Waals surface area contributed by atoms with Crippen LogP contribution in [0.2, 0.25) is 0 Å². The van der Waals surface area contributed by atoms with Gasteiger partial charge in [0, 0.05) is 12.1 Å². The van der Waals surface area contributed by atoms with Crippen LogP contribution in [-0.2, 0) is 4.79 Å². The van der Waals surface area contributed by atoms with Gasteiger partial charge in [0.05, 0.1) is 4.91 Å². The molecule has 0 radical (unpaired) electrons. The van der Waals surface area contributed by atoms with E-state index in [1.165, 1.54) is 17.8 Å². The van der Waals surface area contributed by atoms with Crippen molar-refractivity contribution < 1.29 is 9.18 Å². The standard InChI is InChI=1S/C14H14FNOS2/c1-2-3-8-16-13(17)12(19-14(16)18)9-10-6-4-5-7-11(10)15/h4-7,9H,2-3,8H2,1H3/b12-9-. The maximum absolute atomic E-state index is 13.6. The molecule has 19 heavy (non-hydrogen) atoms. The van der Waals surface area contributed by atoms with Gasteiger partial charge in [-0.1, -0.05) is 55.5 Å². The molecule has 1 aromatic carbocycles. The van der Waals surface area contributed by atoms with Gasteiger partial charge in [-0.3, -0.25) is 9.69 Å².